The van der Waals surface area contributed by atoms with Crippen LogP contribution in [0.5, 0.6) is 0 Å². The van der Waals surface area contributed by atoms with Gasteiger partial charge in [0.1, 0.15) is 0 Å². The van der Waals surface area contributed by atoms with Crippen molar-refractivity contribution in [1.82, 2.24) is 15.0 Å². The average Bonchev–Trinajstić information content (AvgIpc) is 3.29. The number of rotatable bonds is 9. The Kier molecular flexibility index (Phi) is 10.0. The Balaban J connectivity index is 1.09. The fourth-order valence-electron chi connectivity index (χ4n) is 7.57. The third-order valence-electron chi connectivity index (χ3n) is 10.8. The zero-order valence-corrected chi connectivity index (χ0v) is 34.0. The number of hydrogen-bond donors (Lipinski definition) is 0. The summed E-state index contributed by atoms with van der Waals surface area (Å²) in [7, 11) is -1.35. The van der Waals surface area contributed by atoms with E-state index in [4.69, 9.17) is 15.0 Å². The fourth-order valence-corrected chi connectivity index (χ4v) is 8.74. The van der Waals surface area contributed by atoms with Gasteiger partial charge < -0.3 is 0 Å². The van der Waals surface area contributed by atoms with Crippen molar-refractivity contribution in [2.45, 2.75) is 19.6 Å². The minimum absolute atomic E-state index is 0.626. The molecule has 8 aromatic carbocycles. The van der Waals surface area contributed by atoms with Gasteiger partial charge in [0.05, 0.1) is 8.07 Å². The zero-order valence-electron chi connectivity index (χ0n) is 33.0. The summed E-state index contributed by atoms with van der Waals surface area (Å²) in [6.45, 7) is 7.17. The van der Waals surface area contributed by atoms with E-state index in [9.17, 15) is 0 Å². The molecule has 0 fully saturated rings. The van der Waals surface area contributed by atoms with Gasteiger partial charge in [-0.1, -0.05) is 219 Å². The normalized spacial score (nSPS) is 11.4. The van der Waals surface area contributed by atoms with E-state index in [1.165, 1.54) is 27.4 Å². The summed E-state index contributed by atoms with van der Waals surface area (Å²) in [6, 6.07) is 73.0. The molecule has 0 atom stereocenters. The van der Waals surface area contributed by atoms with E-state index in [1.807, 2.05) is 24.3 Å². The molecule has 0 aliphatic carbocycles. The van der Waals surface area contributed by atoms with Gasteiger partial charge in [0.25, 0.3) is 0 Å². The lowest BCUT2D eigenvalue weighted by Crippen LogP contribution is -2.37. The second-order valence-electron chi connectivity index (χ2n) is 15.7. The van der Waals surface area contributed by atoms with Crippen molar-refractivity contribution < 1.29 is 0 Å². The van der Waals surface area contributed by atoms with Gasteiger partial charge in [0, 0.05) is 16.7 Å². The van der Waals surface area contributed by atoms with Crippen molar-refractivity contribution in [1.29, 1.82) is 0 Å². The van der Waals surface area contributed by atoms with Crippen molar-refractivity contribution >= 4 is 13.3 Å². The predicted molar refractivity (Wildman–Crippen MR) is 246 cm³/mol. The third-order valence-corrected chi connectivity index (χ3v) is 12.8. The predicted octanol–water partition coefficient (Wildman–Crippen LogP) is 13.8. The summed E-state index contributed by atoms with van der Waals surface area (Å²) in [4.78, 5) is 15.5. The maximum atomic E-state index is 5.19. The lowest BCUT2D eigenvalue weighted by Gasteiger charge is -2.17. The monoisotopic (exact) mass is 761 g/mol. The standard InChI is InChI=1S/C54H43N3Si/c1-58(2,3)47-34-32-39(33-35-47)44-21-15-23-46(37-44)45-22-14-20-43(36-45)38-28-30-42(31-29-38)52-55-53(50-26-12-10-24-48(50)40-16-6-4-7-17-40)57-54(56-52)51-27-13-11-25-49(51)41-18-8-5-9-19-41/h4-37H,1-3H3. The first-order valence-electron chi connectivity index (χ1n) is 19.9. The smallest absolute Gasteiger partial charge is 0.164 e. The molecule has 9 rings (SSSR count). The van der Waals surface area contributed by atoms with Crippen LogP contribution >= 0.6 is 0 Å². The molecule has 1 heterocycles. The SMILES string of the molecule is C[Si](C)(C)c1ccc(-c2cccc(-c3cccc(-c4ccc(-c5nc(-c6ccccc6-c6ccccc6)nc(-c6ccccc6-c6ccccc6)n5)cc4)c3)c2)cc1. The average molecular weight is 762 g/mol. The van der Waals surface area contributed by atoms with Crippen molar-refractivity contribution in [2.24, 2.45) is 0 Å². The first-order chi connectivity index (χ1) is 28.4. The van der Waals surface area contributed by atoms with E-state index < -0.39 is 8.07 Å². The van der Waals surface area contributed by atoms with Crippen LogP contribution in [0, 0.1) is 0 Å². The highest BCUT2D eigenvalue weighted by Gasteiger charge is 2.19. The van der Waals surface area contributed by atoms with Gasteiger partial charge in [0.2, 0.25) is 0 Å². The second-order valence-corrected chi connectivity index (χ2v) is 20.8. The quantitative estimate of drug-likeness (QED) is 0.138. The number of nitrogens with zero attached hydrogens (tertiary/aromatic N) is 3. The van der Waals surface area contributed by atoms with Gasteiger partial charge in [0.15, 0.2) is 17.5 Å². The molecule has 0 aliphatic heterocycles. The Morgan fingerprint density at radius 3 is 1.02 bits per heavy atom. The summed E-state index contributed by atoms with van der Waals surface area (Å²) in [6.07, 6.45) is 0. The molecule has 58 heavy (non-hydrogen) atoms. The third kappa shape index (κ3) is 7.71. The van der Waals surface area contributed by atoms with Gasteiger partial charge >= 0.3 is 0 Å². The zero-order chi connectivity index (χ0) is 39.5. The molecule has 0 N–H and O–H groups in total. The first-order valence-corrected chi connectivity index (χ1v) is 23.4. The molecular weight excluding hydrogens is 719 g/mol. The highest BCUT2D eigenvalue weighted by molar-refractivity contribution is 6.88. The number of benzene rings is 8. The first kappa shape index (κ1) is 36.6. The fraction of sp³-hybridized carbons (Fsp3) is 0.0556. The van der Waals surface area contributed by atoms with Crippen molar-refractivity contribution in [3.63, 3.8) is 0 Å². The maximum absolute atomic E-state index is 5.19. The van der Waals surface area contributed by atoms with E-state index >= 15 is 0 Å². The molecule has 9 aromatic rings. The van der Waals surface area contributed by atoms with E-state index in [2.05, 4.69) is 202 Å². The second kappa shape index (κ2) is 15.9. The Morgan fingerprint density at radius 2 is 0.586 bits per heavy atom. The van der Waals surface area contributed by atoms with Crippen LogP contribution in [0.1, 0.15) is 0 Å². The van der Waals surface area contributed by atoms with Crippen LogP contribution in [0.4, 0.5) is 0 Å². The summed E-state index contributed by atoms with van der Waals surface area (Å²) in [5.74, 6) is 1.89. The van der Waals surface area contributed by atoms with Gasteiger partial charge in [-0.05, 0) is 67.8 Å². The van der Waals surface area contributed by atoms with Gasteiger partial charge in [-0.3, -0.25) is 0 Å². The van der Waals surface area contributed by atoms with Crippen LogP contribution in [0.2, 0.25) is 19.6 Å². The maximum Gasteiger partial charge on any atom is 0.164 e. The van der Waals surface area contributed by atoms with Crippen LogP contribution in [0.15, 0.2) is 206 Å². The van der Waals surface area contributed by atoms with Crippen molar-refractivity contribution in [3.8, 4) is 89.8 Å². The molecule has 0 unspecified atom stereocenters. The molecule has 0 saturated heterocycles. The summed E-state index contributed by atoms with van der Waals surface area (Å²) < 4.78 is 0. The van der Waals surface area contributed by atoms with Gasteiger partial charge in [-0.15, -0.1) is 0 Å². The van der Waals surface area contributed by atoms with Crippen LogP contribution in [0.25, 0.3) is 89.8 Å². The molecule has 4 heteroatoms. The number of hydrogen-bond acceptors (Lipinski definition) is 3. The molecule has 1 aromatic heterocycles. The largest absolute Gasteiger partial charge is 0.208 e. The van der Waals surface area contributed by atoms with Crippen LogP contribution in [-0.4, -0.2) is 23.0 Å². The molecule has 0 radical (unpaired) electrons. The lowest BCUT2D eigenvalue weighted by atomic mass is 9.96. The van der Waals surface area contributed by atoms with Crippen molar-refractivity contribution in [3.05, 3.63) is 206 Å². The molecule has 3 nitrogen and oxygen atoms in total. The number of aromatic nitrogens is 3. The van der Waals surface area contributed by atoms with E-state index in [0.29, 0.717) is 17.5 Å². The van der Waals surface area contributed by atoms with E-state index in [0.717, 1.165) is 50.1 Å². The Bertz CT molecular complexity index is 2740. The highest BCUT2D eigenvalue weighted by Crippen LogP contribution is 2.36. The Hall–Kier alpha value is -7.01. The highest BCUT2D eigenvalue weighted by atomic mass is 28.3. The molecule has 0 bridgehead atoms. The lowest BCUT2D eigenvalue weighted by molar-refractivity contribution is 1.07. The van der Waals surface area contributed by atoms with Crippen LogP contribution in [0.3, 0.4) is 0 Å². The molecule has 0 aliphatic rings. The van der Waals surface area contributed by atoms with Crippen LogP contribution in [-0.2, 0) is 0 Å². The molecule has 0 saturated carbocycles. The molecule has 0 spiro atoms. The van der Waals surface area contributed by atoms with Gasteiger partial charge in [-0.2, -0.15) is 0 Å². The summed E-state index contributed by atoms with van der Waals surface area (Å²) in [5, 5.41) is 1.48. The summed E-state index contributed by atoms with van der Waals surface area (Å²) >= 11 is 0. The van der Waals surface area contributed by atoms with E-state index in [-0.39, 0.29) is 0 Å². The molecular formula is C54H43N3Si. The molecule has 278 valence electrons. The Labute approximate surface area is 342 Å². The minimum atomic E-state index is -1.35. The van der Waals surface area contributed by atoms with Crippen LogP contribution < -0.4 is 5.19 Å². The molecule has 0 amide bonds. The van der Waals surface area contributed by atoms with E-state index in [1.54, 1.807) is 0 Å². The Morgan fingerprint density at radius 1 is 0.259 bits per heavy atom. The van der Waals surface area contributed by atoms with Gasteiger partial charge in [-0.25, -0.2) is 15.0 Å². The van der Waals surface area contributed by atoms with Crippen molar-refractivity contribution in [2.75, 3.05) is 0 Å². The summed E-state index contributed by atoms with van der Waals surface area (Å²) in [5.41, 5.74) is 14.3. The minimum Gasteiger partial charge on any atom is -0.208 e. The topological polar surface area (TPSA) is 38.7 Å².